The van der Waals surface area contributed by atoms with Crippen LogP contribution in [0, 0.1) is 10.1 Å². The van der Waals surface area contributed by atoms with Gasteiger partial charge in [-0.1, -0.05) is 6.07 Å². The second-order valence-electron chi connectivity index (χ2n) is 7.35. The normalized spacial score (nSPS) is 19.7. The van der Waals surface area contributed by atoms with Crippen molar-refractivity contribution in [1.29, 1.82) is 0 Å². The average Bonchev–Trinajstić information content (AvgIpc) is 3.43. The molecule has 5 rings (SSSR count). The van der Waals surface area contributed by atoms with E-state index in [1.54, 1.807) is 0 Å². The summed E-state index contributed by atoms with van der Waals surface area (Å²) in [5.41, 5.74) is 0.754. The maximum absolute atomic E-state index is 11.3. The number of nitrogens with one attached hydrogen (secondary N) is 1. The molecule has 3 aromatic rings. The van der Waals surface area contributed by atoms with Gasteiger partial charge in [0.25, 0.3) is 0 Å². The van der Waals surface area contributed by atoms with Crippen LogP contribution < -0.4 is 10.2 Å². The zero-order valence-electron chi connectivity index (χ0n) is 15.2. The third-order valence-electron chi connectivity index (χ3n) is 5.28. The van der Waals surface area contributed by atoms with Crippen LogP contribution in [0.5, 0.6) is 0 Å². The fourth-order valence-corrected chi connectivity index (χ4v) is 3.69. The van der Waals surface area contributed by atoms with Gasteiger partial charge in [0.15, 0.2) is 5.65 Å². The summed E-state index contributed by atoms with van der Waals surface area (Å²) in [7, 11) is 0. The van der Waals surface area contributed by atoms with E-state index in [0.29, 0.717) is 18.3 Å². The number of pyridine rings is 1. The van der Waals surface area contributed by atoms with E-state index >= 15 is 0 Å². The summed E-state index contributed by atoms with van der Waals surface area (Å²) >= 11 is 0. The smallest absolute Gasteiger partial charge is 0.329 e. The second kappa shape index (κ2) is 6.70. The average molecular weight is 380 g/mol. The molecule has 0 amide bonds. The Morgan fingerprint density at radius 2 is 2.11 bits per heavy atom. The lowest BCUT2D eigenvalue weighted by atomic mass is 9.97. The summed E-state index contributed by atoms with van der Waals surface area (Å²) in [4.78, 5) is 21.7. The summed E-state index contributed by atoms with van der Waals surface area (Å²) < 4.78 is 2.02. The summed E-state index contributed by atoms with van der Waals surface area (Å²) in [5, 5.41) is 23.1. The summed E-state index contributed by atoms with van der Waals surface area (Å²) in [6.45, 7) is 1.52. The van der Waals surface area contributed by atoms with Crippen molar-refractivity contribution >= 4 is 23.1 Å². The molecule has 1 atom stereocenters. The molecule has 1 saturated carbocycles. The van der Waals surface area contributed by atoms with Crippen LogP contribution in [0.15, 0.2) is 30.6 Å². The van der Waals surface area contributed by atoms with E-state index in [1.807, 2.05) is 28.8 Å². The summed E-state index contributed by atoms with van der Waals surface area (Å²) in [5.74, 6) is 1.96. The molecule has 10 heteroatoms. The van der Waals surface area contributed by atoms with Gasteiger partial charge in [0, 0.05) is 31.2 Å². The molecule has 1 unspecified atom stereocenters. The minimum atomic E-state index is -0.435. The number of piperidine rings is 1. The molecular formula is C18H20N8O2. The third-order valence-corrected chi connectivity index (χ3v) is 5.28. The van der Waals surface area contributed by atoms with E-state index in [9.17, 15) is 10.1 Å². The van der Waals surface area contributed by atoms with Crippen LogP contribution in [-0.2, 0) is 0 Å². The Kier molecular flexibility index (Phi) is 4.03. The van der Waals surface area contributed by atoms with E-state index in [2.05, 4.69) is 30.4 Å². The number of nitro groups is 1. The van der Waals surface area contributed by atoms with Gasteiger partial charge in [-0.25, -0.2) is 4.98 Å². The highest BCUT2D eigenvalue weighted by atomic mass is 16.6. The van der Waals surface area contributed by atoms with Gasteiger partial charge in [0.1, 0.15) is 12.0 Å². The standard InChI is InChI=1S/C18H20N8O2/c27-26(28)14-10-19-18(21-16(14)20-13-6-7-13)24-8-3-4-12(11-24)17-23-22-15-5-1-2-9-25(15)17/h1-2,5,9-10,12-13H,3-4,6-8,11H2,(H,19,20,21). The zero-order chi connectivity index (χ0) is 19.1. The van der Waals surface area contributed by atoms with Crippen molar-refractivity contribution in [3.05, 3.63) is 46.5 Å². The molecule has 0 spiro atoms. The van der Waals surface area contributed by atoms with Crippen LogP contribution in [0.4, 0.5) is 17.5 Å². The van der Waals surface area contributed by atoms with Crippen molar-refractivity contribution in [2.75, 3.05) is 23.3 Å². The van der Waals surface area contributed by atoms with Crippen molar-refractivity contribution < 1.29 is 4.92 Å². The predicted octanol–water partition coefficient (Wildman–Crippen LogP) is 2.39. The Bertz CT molecular complexity index is 1030. The highest BCUT2D eigenvalue weighted by molar-refractivity contribution is 5.58. The first kappa shape index (κ1) is 16.8. The van der Waals surface area contributed by atoms with Gasteiger partial charge < -0.3 is 10.2 Å². The molecule has 28 heavy (non-hydrogen) atoms. The number of fused-ring (bicyclic) bond motifs is 1. The van der Waals surface area contributed by atoms with Crippen LogP contribution in [0.2, 0.25) is 0 Å². The summed E-state index contributed by atoms with van der Waals surface area (Å²) in [6.07, 6.45) is 7.29. The zero-order valence-corrected chi connectivity index (χ0v) is 15.2. The molecule has 3 aromatic heterocycles. The first-order valence-electron chi connectivity index (χ1n) is 9.51. The highest BCUT2D eigenvalue weighted by Gasteiger charge is 2.30. The van der Waals surface area contributed by atoms with Crippen molar-refractivity contribution in [2.24, 2.45) is 0 Å². The largest absolute Gasteiger partial charge is 0.361 e. The monoisotopic (exact) mass is 380 g/mol. The molecule has 1 aliphatic heterocycles. The van der Waals surface area contributed by atoms with E-state index in [4.69, 9.17) is 0 Å². The Labute approximate surface area is 160 Å². The van der Waals surface area contributed by atoms with E-state index in [-0.39, 0.29) is 17.6 Å². The van der Waals surface area contributed by atoms with Crippen LogP contribution in [-0.4, -0.2) is 48.6 Å². The van der Waals surface area contributed by atoms with Gasteiger partial charge >= 0.3 is 5.69 Å². The van der Waals surface area contributed by atoms with Gasteiger partial charge in [-0.15, -0.1) is 10.2 Å². The first-order valence-corrected chi connectivity index (χ1v) is 9.51. The molecule has 2 fully saturated rings. The number of anilines is 2. The molecular weight excluding hydrogens is 360 g/mol. The lowest BCUT2D eigenvalue weighted by Crippen LogP contribution is -2.36. The fourth-order valence-electron chi connectivity index (χ4n) is 3.69. The molecule has 0 aromatic carbocycles. The van der Waals surface area contributed by atoms with Gasteiger partial charge in [-0.3, -0.25) is 14.5 Å². The Hall–Kier alpha value is -3.30. The van der Waals surface area contributed by atoms with Gasteiger partial charge in [-0.05, 0) is 37.8 Å². The second-order valence-corrected chi connectivity index (χ2v) is 7.35. The maximum Gasteiger partial charge on any atom is 0.329 e. The third kappa shape index (κ3) is 3.10. The molecule has 1 saturated heterocycles. The molecule has 1 aliphatic carbocycles. The number of nitrogens with zero attached hydrogens (tertiary/aromatic N) is 7. The number of aromatic nitrogens is 5. The van der Waals surface area contributed by atoms with Gasteiger partial charge in [-0.2, -0.15) is 4.98 Å². The van der Waals surface area contributed by atoms with E-state index < -0.39 is 4.92 Å². The topological polar surface area (TPSA) is 114 Å². The molecule has 4 heterocycles. The predicted molar refractivity (Wildman–Crippen MR) is 103 cm³/mol. The lowest BCUT2D eigenvalue weighted by molar-refractivity contribution is -0.384. The highest BCUT2D eigenvalue weighted by Crippen LogP contribution is 2.32. The molecule has 0 radical (unpaired) electrons. The van der Waals surface area contributed by atoms with Crippen molar-refractivity contribution in [3.8, 4) is 0 Å². The maximum atomic E-state index is 11.3. The van der Waals surface area contributed by atoms with Crippen LogP contribution in [0.1, 0.15) is 37.4 Å². The first-order chi connectivity index (χ1) is 13.7. The number of rotatable bonds is 5. The van der Waals surface area contributed by atoms with E-state index in [0.717, 1.165) is 43.7 Å². The molecule has 10 nitrogen and oxygen atoms in total. The number of hydrogen-bond acceptors (Lipinski definition) is 8. The van der Waals surface area contributed by atoms with Crippen molar-refractivity contribution in [2.45, 2.75) is 37.6 Å². The Morgan fingerprint density at radius 1 is 1.21 bits per heavy atom. The fraction of sp³-hybridized carbons (Fsp3) is 0.444. The summed E-state index contributed by atoms with van der Waals surface area (Å²) in [6, 6.07) is 6.13. The van der Waals surface area contributed by atoms with Gasteiger partial charge in [0.2, 0.25) is 11.8 Å². The Balaban J connectivity index is 1.42. The molecule has 0 bridgehead atoms. The van der Waals surface area contributed by atoms with Gasteiger partial charge in [0.05, 0.1) is 4.92 Å². The molecule has 2 aliphatic rings. The Morgan fingerprint density at radius 3 is 2.93 bits per heavy atom. The van der Waals surface area contributed by atoms with Crippen molar-refractivity contribution in [1.82, 2.24) is 24.6 Å². The minimum Gasteiger partial charge on any atom is -0.361 e. The number of hydrogen-bond donors (Lipinski definition) is 1. The van der Waals surface area contributed by atoms with Crippen molar-refractivity contribution in [3.63, 3.8) is 0 Å². The SMILES string of the molecule is O=[N+]([O-])c1cnc(N2CCCC(c3nnc4ccccn34)C2)nc1NC1CC1. The minimum absolute atomic E-state index is 0.0762. The molecule has 1 N–H and O–H groups in total. The molecule has 144 valence electrons. The van der Waals surface area contributed by atoms with Crippen LogP contribution in [0.3, 0.4) is 0 Å². The van der Waals surface area contributed by atoms with Crippen LogP contribution >= 0.6 is 0 Å². The quantitative estimate of drug-likeness (QED) is 0.530. The lowest BCUT2D eigenvalue weighted by Gasteiger charge is -2.32. The van der Waals surface area contributed by atoms with E-state index in [1.165, 1.54) is 6.20 Å². The van der Waals surface area contributed by atoms with Crippen LogP contribution in [0.25, 0.3) is 5.65 Å².